The molecule has 0 atom stereocenters. The fourth-order valence-electron chi connectivity index (χ4n) is 2.67. The van der Waals surface area contributed by atoms with E-state index in [1.54, 1.807) is 12.4 Å². The molecule has 6 nitrogen and oxygen atoms in total. The van der Waals surface area contributed by atoms with E-state index in [2.05, 4.69) is 25.3 Å². The number of aromatic nitrogens is 4. The zero-order chi connectivity index (χ0) is 16.4. The van der Waals surface area contributed by atoms with Crippen molar-refractivity contribution in [3.8, 4) is 11.1 Å². The van der Waals surface area contributed by atoms with Gasteiger partial charge in [0.2, 0.25) is 0 Å². The molecule has 4 aromatic rings. The van der Waals surface area contributed by atoms with Crippen LogP contribution < -0.4 is 10.9 Å². The van der Waals surface area contributed by atoms with Crippen molar-refractivity contribution in [3.63, 3.8) is 0 Å². The van der Waals surface area contributed by atoms with Crippen LogP contribution in [0.15, 0.2) is 65.8 Å². The van der Waals surface area contributed by atoms with E-state index in [0.29, 0.717) is 17.9 Å². The first kappa shape index (κ1) is 14.2. The van der Waals surface area contributed by atoms with E-state index in [9.17, 15) is 4.79 Å². The lowest BCUT2D eigenvalue weighted by molar-refractivity contribution is 1.03. The Morgan fingerprint density at radius 3 is 2.79 bits per heavy atom. The van der Waals surface area contributed by atoms with Gasteiger partial charge in [-0.05, 0) is 36.4 Å². The second-order valence-corrected chi connectivity index (χ2v) is 5.38. The fraction of sp³-hybridized carbons (Fsp3) is 0.0556. The van der Waals surface area contributed by atoms with Crippen LogP contribution in [-0.4, -0.2) is 19.9 Å². The van der Waals surface area contributed by atoms with Gasteiger partial charge in [-0.3, -0.25) is 9.78 Å². The molecule has 0 aliphatic carbocycles. The van der Waals surface area contributed by atoms with Crippen molar-refractivity contribution in [3.05, 3.63) is 77.1 Å². The first-order chi connectivity index (χ1) is 11.8. The van der Waals surface area contributed by atoms with E-state index in [-0.39, 0.29) is 5.56 Å². The van der Waals surface area contributed by atoms with Gasteiger partial charge in [-0.2, -0.15) is 0 Å². The van der Waals surface area contributed by atoms with Crippen LogP contribution in [0.1, 0.15) is 5.69 Å². The molecule has 0 radical (unpaired) electrons. The minimum absolute atomic E-state index is 0.123. The number of fused-ring (bicyclic) bond motifs is 1. The first-order valence-electron chi connectivity index (χ1n) is 7.61. The third-order valence-electron chi connectivity index (χ3n) is 3.81. The lowest BCUT2D eigenvalue weighted by atomic mass is 10.1. The van der Waals surface area contributed by atoms with Gasteiger partial charge in [-0.1, -0.05) is 6.07 Å². The maximum Gasteiger partial charge on any atom is 0.255 e. The zero-order valence-corrected chi connectivity index (χ0v) is 12.8. The van der Waals surface area contributed by atoms with Crippen LogP contribution in [0.5, 0.6) is 0 Å². The normalized spacial score (nSPS) is 10.8. The lowest BCUT2D eigenvalue weighted by Gasteiger charge is -2.09. The highest BCUT2D eigenvalue weighted by molar-refractivity contribution is 5.94. The van der Waals surface area contributed by atoms with Crippen molar-refractivity contribution in [1.82, 2.24) is 19.9 Å². The Kier molecular flexibility index (Phi) is 3.55. The average Bonchev–Trinajstić information content (AvgIpc) is 3.09. The number of pyridine rings is 3. The molecule has 0 spiro atoms. The number of aromatic amines is 2. The summed E-state index contributed by atoms with van der Waals surface area (Å²) in [5.74, 6) is 0.689. The highest BCUT2D eigenvalue weighted by atomic mass is 16.1. The highest BCUT2D eigenvalue weighted by Crippen LogP contribution is 2.27. The molecule has 0 bridgehead atoms. The maximum absolute atomic E-state index is 12.2. The minimum Gasteiger partial charge on any atom is -0.364 e. The van der Waals surface area contributed by atoms with Crippen LogP contribution in [0.3, 0.4) is 0 Å². The Balaban J connectivity index is 1.75. The Bertz CT molecular complexity index is 1040. The molecule has 118 valence electrons. The van der Waals surface area contributed by atoms with Gasteiger partial charge in [0.15, 0.2) is 0 Å². The largest absolute Gasteiger partial charge is 0.364 e. The van der Waals surface area contributed by atoms with Gasteiger partial charge >= 0.3 is 0 Å². The molecule has 0 aromatic carbocycles. The number of hydrogen-bond donors (Lipinski definition) is 3. The third kappa shape index (κ3) is 2.65. The average molecular weight is 317 g/mol. The molecule has 0 saturated heterocycles. The second-order valence-electron chi connectivity index (χ2n) is 5.38. The predicted molar refractivity (Wildman–Crippen MR) is 93.7 cm³/mol. The monoisotopic (exact) mass is 317 g/mol. The SMILES string of the molecule is O=c1[nH]cccc1-c1cc(NCc2ccccn2)nc2[nH]ccc12. The van der Waals surface area contributed by atoms with Crippen LogP contribution >= 0.6 is 0 Å². The van der Waals surface area contributed by atoms with Gasteiger partial charge < -0.3 is 15.3 Å². The van der Waals surface area contributed by atoms with Gasteiger partial charge in [-0.15, -0.1) is 0 Å². The van der Waals surface area contributed by atoms with Crippen molar-refractivity contribution in [2.45, 2.75) is 6.54 Å². The number of hydrogen-bond acceptors (Lipinski definition) is 4. The Morgan fingerprint density at radius 1 is 1.00 bits per heavy atom. The molecule has 3 N–H and O–H groups in total. The molecule has 0 fully saturated rings. The van der Waals surface area contributed by atoms with E-state index >= 15 is 0 Å². The van der Waals surface area contributed by atoms with E-state index in [1.165, 1.54) is 0 Å². The third-order valence-corrected chi connectivity index (χ3v) is 3.81. The Labute approximate surface area is 137 Å². The number of H-pyrrole nitrogens is 2. The lowest BCUT2D eigenvalue weighted by Crippen LogP contribution is -2.08. The molecule has 0 unspecified atom stereocenters. The van der Waals surface area contributed by atoms with E-state index in [0.717, 1.165) is 22.3 Å². The van der Waals surface area contributed by atoms with Gasteiger partial charge in [-0.25, -0.2) is 4.98 Å². The fourth-order valence-corrected chi connectivity index (χ4v) is 2.67. The highest BCUT2D eigenvalue weighted by Gasteiger charge is 2.11. The molecule has 24 heavy (non-hydrogen) atoms. The first-order valence-corrected chi connectivity index (χ1v) is 7.61. The van der Waals surface area contributed by atoms with Crippen LogP contribution in [0.25, 0.3) is 22.2 Å². The molecule has 4 aromatic heterocycles. The molecule has 0 aliphatic rings. The van der Waals surface area contributed by atoms with E-state index in [1.807, 2.05) is 48.7 Å². The Morgan fingerprint density at radius 2 is 1.96 bits per heavy atom. The number of anilines is 1. The predicted octanol–water partition coefficient (Wildman–Crippen LogP) is 2.93. The van der Waals surface area contributed by atoms with Crippen molar-refractivity contribution >= 4 is 16.9 Å². The summed E-state index contributed by atoms with van der Waals surface area (Å²) in [5, 5.41) is 4.18. The van der Waals surface area contributed by atoms with Crippen LogP contribution in [0.2, 0.25) is 0 Å². The number of nitrogens with one attached hydrogen (secondary N) is 3. The minimum atomic E-state index is -0.123. The molecule has 0 aliphatic heterocycles. The molecule has 4 heterocycles. The molecule has 6 heteroatoms. The van der Waals surface area contributed by atoms with Crippen molar-refractivity contribution in [2.24, 2.45) is 0 Å². The summed E-state index contributed by atoms with van der Waals surface area (Å²) in [4.78, 5) is 26.8. The van der Waals surface area contributed by atoms with Crippen LogP contribution in [0.4, 0.5) is 5.82 Å². The molecule has 4 rings (SSSR count). The molecular weight excluding hydrogens is 302 g/mol. The van der Waals surface area contributed by atoms with Gasteiger partial charge in [0.25, 0.3) is 5.56 Å². The number of rotatable bonds is 4. The van der Waals surface area contributed by atoms with Gasteiger partial charge in [0, 0.05) is 35.1 Å². The second kappa shape index (κ2) is 6.00. The molecule has 0 saturated carbocycles. The smallest absolute Gasteiger partial charge is 0.255 e. The van der Waals surface area contributed by atoms with E-state index in [4.69, 9.17) is 0 Å². The van der Waals surface area contributed by atoms with Gasteiger partial charge in [0.05, 0.1) is 12.2 Å². The van der Waals surface area contributed by atoms with Gasteiger partial charge in [0.1, 0.15) is 11.5 Å². The zero-order valence-electron chi connectivity index (χ0n) is 12.8. The summed E-state index contributed by atoms with van der Waals surface area (Å²) in [5.41, 5.74) is 2.99. The van der Waals surface area contributed by atoms with Crippen molar-refractivity contribution < 1.29 is 0 Å². The summed E-state index contributed by atoms with van der Waals surface area (Å²) < 4.78 is 0. The molecular formula is C18H15N5O. The quantitative estimate of drug-likeness (QED) is 0.540. The summed E-state index contributed by atoms with van der Waals surface area (Å²) in [6.45, 7) is 0.560. The van der Waals surface area contributed by atoms with E-state index < -0.39 is 0 Å². The Hall–Kier alpha value is -3.41. The summed E-state index contributed by atoms with van der Waals surface area (Å²) in [6, 6.07) is 13.2. The van der Waals surface area contributed by atoms with Crippen molar-refractivity contribution in [1.29, 1.82) is 0 Å². The summed E-state index contributed by atoms with van der Waals surface area (Å²) in [7, 11) is 0. The standard InChI is InChI=1S/C18H15N5O/c24-18-14(5-3-8-21-18)15-10-16(23-17-13(15)6-9-20-17)22-11-12-4-1-2-7-19-12/h1-10H,11H2,(H,21,24)(H2,20,22,23). The van der Waals surface area contributed by atoms with Crippen LogP contribution in [-0.2, 0) is 6.54 Å². The maximum atomic E-state index is 12.2. The van der Waals surface area contributed by atoms with Crippen molar-refractivity contribution in [2.75, 3.05) is 5.32 Å². The molecule has 0 amide bonds. The summed E-state index contributed by atoms with van der Waals surface area (Å²) >= 11 is 0. The number of nitrogens with zero attached hydrogens (tertiary/aromatic N) is 2. The topological polar surface area (TPSA) is 86.5 Å². The summed E-state index contributed by atoms with van der Waals surface area (Å²) in [6.07, 6.45) is 5.20. The van der Waals surface area contributed by atoms with Crippen LogP contribution in [0, 0.1) is 0 Å².